The van der Waals surface area contributed by atoms with Gasteiger partial charge in [0.2, 0.25) is 0 Å². The van der Waals surface area contributed by atoms with Crippen molar-refractivity contribution >= 4 is 11.4 Å². The van der Waals surface area contributed by atoms with Crippen molar-refractivity contribution in [2.24, 2.45) is 67.4 Å². The zero-order chi connectivity index (χ0) is 27.8. The predicted octanol–water partition coefficient (Wildman–Crippen LogP) is 6.61. The quantitative estimate of drug-likeness (QED) is 0.152. The molecule has 7 unspecified atom stereocenters. The Morgan fingerprint density at radius 2 is 1.64 bits per heavy atom. The summed E-state index contributed by atoms with van der Waals surface area (Å²) in [5.74, 6) is 8.68. The first-order valence-electron chi connectivity index (χ1n) is 15.7. The molecule has 0 radical (unpaired) electrons. The van der Waals surface area contributed by atoms with E-state index in [9.17, 15) is 5.11 Å². The van der Waals surface area contributed by atoms with Gasteiger partial charge in [-0.1, -0.05) is 71.4 Å². The Labute approximate surface area is 236 Å². The molecule has 0 saturated heterocycles. The zero-order valence-electron chi connectivity index (χ0n) is 25.0. The summed E-state index contributed by atoms with van der Waals surface area (Å²) in [5.41, 5.74) is 13.4. The topological polar surface area (TPSA) is 96.7 Å². The second-order valence-electron chi connectivity index (χ2n) is 15.4. The second kappa shape index (κ2) is 9.08. The molecule has 0 bridgehead atoms. The molecule has 6 N–H and O–H groups in total. The Morgan fingerprint density at radius 3 is 2.33 bits per heavy atom. The maximum Gasteiger partial charge on any atom is 0.152 e. The Morgan fingerprint density at radius 1 is 0.897 bits per heavy atom. The molecule has 39 heavy (non-hydrogen) atoms. The van der Waals surface area contributed by atoms with Crippen LogP contribution in [0.2, 0.25) is 0 Å². The van der Waals surface area contributed by atoms with Gasteiger partial charge in [-0.15, -0.1) is 5.10 Å². The number of hydrazone groups is 1. The lowest BCUT2D eigenvalue weighted by Gasteiger charge is -2.72. The Hall–Kier alpha value is -1.85. The normalized spacial score (nSPS) is 44.9. The van der Waals surface area contributed by atoms with Gasteiger partial charge in [-0.05, 0) is 120 Å². The average molecular weight is 533 g/mol. The van der Waals surface area contributed by atoms with Crippen molar-refractivity contribution in [3.63, 3.8) is 0 Å². The number of benzene rings is 1. The molecule has 1 aromatic carbocycles. The first kappa shape index (κ1) is 27.3. The summed E-state index contributed by atoms with van der Waals surface area (Å²) in [7, 11) is 0. The zero-order valence-corrected chi connectivity index (χ0v) is 25.0. The van der Waals surface area contributed by atoms with E-state index < -0.39 is 0 Å². The lowest BCUT2D eigenvalue weighted by molar-refractivity contribution is -0.225. The van der Waals surface area contributed by atoms with Crippen molar-refractivity contribution in [2.45, 2.75) is 98.8 Å². The van der Waals surface area contributed by atoms with Gasteiger partial charge in [0.15, 0.2) is 5.84 Å². The molecule has 0 aliphatic heterocycles. The van der Waals surface area contributed by atoms with Gasteiger partial charge in [0.25, 0.3) is 0 Å². The first-order valence-corrected chi connectivity index (χ1v) is 15.7. The van der Waals surface area contributed by atoms with Crippen molar-refractivity contribution in [3.05, 3.63) is 41.5 Å². The van der Waals surface area contributed by atoms with Crippen LogP contribution in [-0.2, 0) is 0 Å². The number of aliphatic hydroxyl groups excluding tert-OH is 1. The smallest absolute Gasteiger partial charge is 0.152 e. The molecule has 0 spiro atoms. The van der Waals surface area contributed by atoms with Crippen molar-refractivity contribution < 1.29 is 5.11 Å². The molecule has 5 aliphatic rings. The molecule has 5 aliphatic carbocycles. The van der Waals surface area contributed by atoms with Crippen LogP contribution in [0.4, 0.5) is 0 Å². The number of nitrogens with zero attached hydrogens (tertiary/aromatic N) is 1. The van der Waals surface area contributed by atoms with Gasteiger partial charge < -0.3 is 10.8 Å². The molecule has 1 aromatic rings. The molecule has 0 heterocycles. The molecule has 4 saturated carbocycles. The van der Waals surface area contributed by atoms with E-state index in [1.165, 1.54) is 75.3 Å². The molecule has 8 atom stereocenters. The minimum absolute atomic E-state index is 0.107. The maximum atomic E-state index is 10.5. The largest absolute Gasteiger partial charge is 0.396 e. The van der Waals surface area contributed by atoms with E-state index in [1.807, 2.05) is 0 Å². The van der Waals surface area contributed by atoms with Crippen LogP contribution in [0, 0.1) is 50.7 Å². The van der Waals surface area contributed by atoms with E-state index in [0.29, 0.717) is 34.6 Å². The molecule has 0 aromatic heterocycles. The number of aliphatic hydroxyl groups is 1. The van der Waals surface area contributed by atoms with Gasteiger partial charge in [0.05, 0.1) is 0 Å². The van der Waals surface area contributed by atoms with Crippen LogP contribution >= 0.6 is 0 Å². The van der Waals surface area contributed by atoms with E-state index >= 15 is 0 Å². The molecule has 5 heteroatoms. The number of hydrazine groups is 1. The minimum Gasteiger partial charge on any atom is -0.396 e. The van der Waals surface area contributed by atoms with Crippen molar-refractivity contribution in [2.75, 3.05) is 6.61 Å². The maximum absolute atomic E-state index is 10.5. The highest BCUT2D eigenvalue weighted by Crippen LogP contribution is 2.77. The van der Waals surface area contributed by atoms with E-state index in [4.69, 9.17) is 11.6 Å². The number of fused-ring (bicyclic) bond motifs is 7. The monoisotopic (exact) mass is 532 g/mol. The summed E-state index contributed by atoms with van der Waals surface area (Å²) in [6, 6.07) is 8.55. The van der Waals surface area contributed by atoms with E-state index in [2.05, 4.69) is 75.6 Å². The van der Waals surface area contributed by atoms with Gasteiger partial charge in [-0.25, -0.2) is 11.4 Å². The fourth-order valence-electron chi connectivity index (χ4n) is 12.0. The highest BCUT2D eigenvalue weighted by atomic mass is 16.3. The molecule has 6 rings (SSSR count). The summed E-state index contributed by atoms with van der Waals surface area (Å²) in [6.45, 7) is 13.5. The Balaban J connectivity index is 1.32. The van der Waals surface area contributed by atoms with Crippen LogP contribution in [0.3, 0.4) is 0 Å². The van der Waals surface area contributed by atoms with Crippen LogP contribution in [0.5, 0.6) is 0 Å². The minimum atomic E-state index is 0.107. The lowest BCUT2D eigenvalue weighted by Crippen LogP contribution is -2.65. The number of rotatable bonds is 4. The van der Waals surface area contributed by atoms with Crippen LogP contribution < -0.4 is 17.1 Å². The summed E-state index contributed by atoms with van der Waals surface area (Å²) >= 11 is 0. The van der Waals surface area contributed by atoms with Gasteiger partial charge >= 0.3 is 0 Å². The summed E-state index contributed by atoms with van der Waals surface area (Å²) in [5, 5.41) is 14.5. The average Bonchev–Trinajstić information content (AvgIpc) is 3.34. The third kappa shape index (κ3) is 3.60. The van der Waals surface area contributed by atoms with Gasteiger partial charge in [-0.3, -0.25) is 0 Å². The van der Waals surface area contributed by atoms with Gasteiger partial charge in [0.1, 0.15) is 0 Å². The lowest BCUT2D eigenvalue weighted by atomic mass is 9.33. The van der Waals surface area contributed by atoms with Crippen molar-refractivity contribution in [1.82, 2.24) is 5.53 Å². The molecular formula is C34H52N4O. The van der Waals surface area contributed by atoms with E-state index in [1.54, 1.807) is 0 Å². The highest BCUT2D eigenvalue weighted by molar-refractivity contribution is 5.97. The number of hydrogen-bond acceptors (Lipinski definition) is 4. The SMILES string of the molecule is CC1(C)C(c2ccc(/C(N)=N/NN)cc2)=CCC2(C)C1CCC1(C)C2CCC2C3CCCC3(CO)CC[C@]21C. The highest BCUT2D eigenvalue weighted by Gasteiger charge is 2.69. The number of nitrogens with one attached hydrogen (secondary N) is 1. The number of hydrogen-bond donors (Lipinski definition) is 4. The fourth-order valence-corrected chi connectivity index (χ4v) is 12.0. The van der Waals surface area contributed by atoms with Crippen LogP contribution in [0.25, 0.3) is 5.57 Å². The van der Waals surface area contributed by atoms with Crippen molar-refractivity contribution in [3.8, 4) is 0 Å². The standard InChI is InChI=1S/C34H52N4O/c1-30(2)24(22-8-10-23(11-9-22)29(35)37-38-36)14-17-31(3)27(30)15-18-33(5)28(31)13-12-25-26-7-6-16-34(26,21-39)20-19-32(25,33)4/h8-11,14,25-28,38-39H,6-7,12-13,15-21,36H2,1-5H3,(H2,35,37)/t25?,26?,27?,28?,31?,32-,33?,34?/m1/s1. The molecular weight excluding hydrogens is 480 g/mol. The number of amidine groups is 1. The van der Waals surface area contributed by atoms with Crippen LogP contribution in [0.15, 0.2) is 35.4 Å². The van der Waals surface area contributed by atoms with Crippen LogP contribution in [-0.4, -0.2) is 17.5 Å². The molecule has 4 fully saturated rings. The molecule has 0 amide bonds. The predicted molar refractivity (Wildman–Crippen MR) is 160 cm³/mol. The number of allylic oxidation sites excluding steroid dienone is 2. The Kier molecular flexibility index (Phi) is 6.36. The van der Waals surface area contributed by atoms with Crippen LogP contribution in [0.1, 0.15) is 110 Å². The third-order valence-electron chi connectivity index (χ3n) is 14.1. The van der Waals surface area contributed by atoms with Crippen molar-refractivity contribution in [1.29, 1.82) is 0 Å². The second-order valence-corrected chi connectivity index (χ2v) is 15.4. The first-order chi connectivity index (χ1) is 18.5. The summed E-state index contributed by atoms with van der Waals surface area (Å²) in [6.07, 6.45) is 15.6. The van der Waals surface area contributed by atoms with Gasteiger partial charge in [-0.2, -0.15) is 0 Å². The summed E-state index contributed by atoms with van der Waals surface area (Å²) < 4.78 is 0. The van der Waals surface area contributed by atoms with E-state index in [0.717, 1.165) is 23.3 Å². The Bertz CT molecular complexity index is 1170. The molecule has 214 valence electrons. The van der Waals surface area contributed by atoms with Gasteiger partial charge in [0, 0.05) is 12.2 Å². The third-order valence-corrected chi connectivity index (χ3v) is 14.1. The number of nitrogens with two attached hydrogens (primary N) is 2. The molecule has 5 nitrogen and oxygen atoms in total. The summed E-state index contributed by atoms with van der Waals surface area (Å²) in [4.78, 5) is 0. The van der Waals surface area contributed by atoms with E-state index in [-0.39, 0.29) is 10.8 Å². The fraction of sp³-hybridized carbons (Fsp3) is 0.735.